The van der Waals surface area contributed by atoms with Gasteiger partial charge in [0, 0.05) is 5.56 Å². The highest BCUT2D eigenvalue weighted by molar-refractivity contribution is 7.15. The highest BCUT2D eigenvalue weighted by Crippen LogP contribution is 2.43. The number of rotatable bonds is 5. The molecule has 2 aromatic carbocycles. The topological polar surface area (TPSA) is 110 Å². The normalized spacial score (nSPS) is 17.4. The first-order valence-corrected chi connectivity index (χ1v) is 11.1. The van der Waals surface area contributed by atoms with Crippen molar-refractivity contribution in [2.75, 3.05) is 12.0 Å². The zero-order valence-electron chi connectivity index (χ0n) is 18.2. The van der Waals surface area contributed by atoms with Gasteiger partial charge in [-0.25, -0.2) is 4.79 Å². The fourth-order valence-electron chi connectivity index (χ4n) is 3.62. The van der Waals surface area contributed by atoms with E-state index in [4.69, 9.17) is 4.74 Å². The van der Waals surface area contributed by atoms with Crippen LogP contribution >= 0.6 is 11.3 Å². The van der Waals surface area contributed by atoms with Crippen molar-refractivity contribution in [1.29, 1.82) is 0 Å². The quantitative estimate of drug-likeness (QED) is 0.265. The van der Waals surface area contributed by atoms with E-state index >= 15 is 0 Å². The molecule has 0 saturated carbocycles. The van der Waals surface area contributed by atoms with E-state index in [2.05, 4.69) is 10.2 Å². The van der Waals surface area contributed by atoms with Crippen LogP contribution in [0.2, 0.25) is 0 Å². The first-order chi connectivity index (χ1) is 15.8. The van der Waals surface area contributed by atoms with Crippen molar-refractivity contribution < 1.29 is 24.2 Å². The first kappa shape index (κ1) is 22.3. The van der Waals surface area contributed by atoms with Crippen molar-refractivity contribution in [3.05, 3.63) is 81.4 Å². The molecule has 1 atom stereocenters. The molecule has 3 aromatic rings. The minimum atomic E-state index is -0.935. The molecule has 1 unspecified atom stereocenters. The maximum atomic E-state index is 13.1. The third-order valence-electron chi connectivity index (χ3n) is 5.38. The number of benzene rings is 2. The van der Waals surface area contributed by atoms with Gasteiger partial charge in [0.2, 0.25) is 5.13 Å². The number of hydrogen-bond acceptors (Lipinski definition) is 8. The van der Waals surface area contributed by atoms with Crippen molar-refractivity contribution in [2.45, 2.75) is 26.3 Å². The van der Waals surface area contributed by atoms with Crippen molar-refractivity contribution in [2.24, 2.45) is 0 Å². The van der Waals surface area contributed by atoms with Gasteiger partial charge in [0.25, 0.3) is 5.78 Å². The Labute approximate surface area is 194 Å². The van der Waals surface area contributed by atoms with Gasteiger partial charge in [-0.15, -0.1) is 10.2 Å². The molecular weight excluding hydrogens is 442 g/mol. The zero-order valence-corrected chi connectivity index (χ0v) is 19.0. The zero-order chi connectivity index (χ0) is 23.7. The van der Waals surface area contributed by atoms with Crippen molar-refractivity contribution in [3.8, 4) is 0 Å². The number of ketones is 1. The lowest BCUT2D eigenvalue weighted by Crippen LogP contribution is -2.29. The predicted octanol–water partition coefficient (Wildman–Crippen LogP) is 3.82. The van der Waals surface area contributed by atoms with E-state index in [1.165, 1.54) is 23.3 Å². The van der Waals surface area contributed by atoms with Gasteiger partial charge < -0.3 is 9.84 Å². The number of aryl methyl sites for hydroxylation is 2. The molecule has 1 aliphatic rings. The summed E-state index contributed by atoms with van der Waals surface area (Å²) < 4.78 is 4.74. The second-order valence-corrected chi connectivity index (χ2v) is 8.52. The number of nitrogens with zero attached hydrogens (tertiary/aromatic N) is 3. The van der Waals surface area contributed by atoms with E-state index in [0.717, 1.165) is 5.56 Å². The molecule has 168 valence electrons. The number of carbonyl (C=O) groups is 3. The number of hydrogen-bond donors (Lipinski definition) is 1. The number of methoxy groups -OCH3 is 1. The third-order valence-corrected chi connectivity index (χ3v) is 6.45. The van der Waals surface area contributed by atoms with Crippen LogP contribution in [0.1, 0.15) is 45.0 Å². The number of ether oxygens (including phenoxy) is 1. The van der Waals surface area contributed by atoms with Crippen molar-refractivity contribution >= 4 is 39.9 Å². The second kappa shape index (κ2) is 8.95. The Morgan fingerprint density at radius 2 is 1.70 bits per heavy atom. The van der Waals surface area contributed by atoms with E-state index < -0.39 is 23.7 Å². The second-order valence-electron chi connectivity index (χ2n) is 7.48. The first-order valence-electron chi connectivity index (χ1n) is 10.2. The van der Waals surface area contributed by atoms with Gasteiger partial charge in [0.05, 0.1) is 24.3 Å². The van der Waals surface area contributed by atoms with Crippen LogP contribution in [0.5, 0.6) is 0 Å². The summed E-state index contributed by atoms with van der Waals surface area (Å²) in [6.45, 7) is 3.82. The van der Waals surface area contributed by atoms with Crippen LogP contribution < -0.4 is 4.90 Å². The van der Waals surface area contributed by atoms with Gasteiger partial charge in [0.1, 0.15) is 10.8 Å². The third kappa shape index (κ3) is 4.03. The molecule has 1 N–H and O–H groups in total. The Balaban J connectivity index is 1.89. The minimum Gasteiger partial charge on any atom is -0.507 e. The minimum absolute atomic E-state index is 0.0529. The number of Topliss-reactive ketones (excluding diaryl/α,β-unsaturated/α-hetero) is 1. The Morgan fingerprint density at radius 3 is 2.27 bits per heavy atom. The molecule has 8 nitrogen and oxygen atoms in total. The molecule has 1 aromatic heterocycles. The molecule has 0 aliphatic carbocycles. The fourth-order valence-corrected chi connectivity index (χ4v) is 4.42. The summed E-state index contributed by atoms with van der Waals surface area (Å²) in [6.07, 6.45) is 0.628. The monoisotopic (exact) mass is 463 g/mol. The van der Waals surface area contributed by atoms with E-state index in [1.54, 1.807) is 36.4 Å². The molecular formula is C24H21N3O5S. The van der Waals surface area contributed by atoms with Crippen LogP contribution in [-0.4, -0.2) is 40.1 Å². The van der Waals surface area contributed by atoms with E-state index in [9.17, 15) is 19.5 Å². The standard InChI is InChI=1S/C24H21N3O5S/c1-4-17-25-26-24(33-17)27-19(14-9-11-16(12-10-14)23(31)32-3)18(21(29)22(27)30)20(28)15-7-5-13(2)6-8-15/h5-12,19,28H,4H2,1-3H3/b20-18+. The van der Waals surface area contributed by atoms with Gasteiger partial charge in [-0.05, 0) is 31.0 Å². The molecule has 1 aliphatic heterocycles. The fraction of sp³-hybridized carbons (Fsp3) is 0.208. The van der Waals surface area contributed by atoms with Gasteiger partial charge >= 0.3 is 11.9 Å². The van der Waals surface area contributed by atoms with Crippen LogP contribution in [0.25, 0.3) is 5.76 Å². The molecule has 9 heteroatoms. The van der Waals surface area contributed by atoms with Gasteiger partial charge in [0.15, 0.2) is 0 Å². The number of carbonyl (C=O) groups excluding carboxylic acids is 3. The summed E-state index contributed by atoms with van der Waals surface area (Å²) in [6, 6.07) is 12.4. The van der Waals surface area contributed by atoms with Gasteiger partial charge in [-0.2, -0.15) is 0 Å². The van der Waals surface area contributed by atoms with Gasteiger partial charge in [-0.1, -0.05) is 60.2 Å². The number of aromatic nitrogens is 2. The maximum Gasteiger partial charge on any atom is 0.337 e. The van der Waals surface area contributed by atoms with E-state index in [0.29, 0.717) is 28.1 Å². The lowest BCUT2D eigenvalue weighted by atomic mass is 9.94. The summed E-state index contributed by atoms with van der Waals surface area (Å²) in [5.74, 6) is -2.40. The maximum absolute atomic E-state index is 13.1. The number of aliphatic hydroxyl groups is 1. The Bertz CT molecular complexity index is 1260. The molecule has 0 radical (unpaired) electrons. The number of amides is 1. The average Bonchev–Trinajstić information content (AvgIpc) is 3.41. The van der Waals surface area contributed by atoms with Crippen molar-refractivity contribution in [3.63, 3.8) is 0 Å². The van der Waals surface area contributed by atoms with Crippen LogP contribution in [0.3, 0.4) is 0 Å². The van der Waals surface area contributed by atoms with Crippen LogP contribution in [0, 0.1) is 6.92 Å². The molecule has 1 fully saturated rings. The Morgan fingerprint density at radius 1 is 1.06 bits per heavy atom. The van der Waals surface area contributed by atoms with E-state index in [1.807, 2.05) is 26.0 Å². The largest absolute Gasteiger partial charge is 0.507 e. The SMILES string of the molecule is CCc1nnc(N2C(=O)C(=O)/C(=C(/O)c3ccc(C)cc3)C2c2ccc(C(=O)OC)cc2)s1. The molecule has 4 rings (SSSR count). The molecule has 1 amide bonds. The summed E-state index contributed by atoms with van der Waals surface area (Å²) in [5.41, 5.74) is 2.21. The summed E-state index contributed by atoms with van der Waals surface area (Å²) in [7, 11) is 1.29. The van der Waals surface area contributed by atoms with Gasteiger partial charge in [-0.3, -0.25) is 14.5 Å². The molecule has 1 saturated heterocycles. The van der Waals surface area contributed by atoms with Crippen molar-refractivity contribution in [1.82, 2.24) is 10.2 Å². The number of esters is 1. The Hall–Kier alpha value is -3.85. The van der Waals surface area contributed by atoms with Crippen LogP contribution in [-0.2, 0) is 20.7 Å². The Kier molecular flexibility index (Phi) is 6.06. The average molecular weight is 464 g/mol. The predicted molar refractivity (Wildman–Crippen MR) is 123 cm³/mol. The smallest absolute Gasteiger partial charge is 0.337 e. The van der Waals surface area contributed by atoms with Crippen LogP contribution in [0.15, 0.2) is 54.1 Å². The molecule has 0 spiro atoms. The highest BCUT2D eigenvalue weighted by Gasteiger charge is 2.48. The molecule has 33 heavy (non-hydrogen) atoms. The van der Waals surface area contributed by atoms with Crippen LogP contribution in [0.4, 0.5) is 5.13 Å². The number of anilines is 1. The molecule has 2 heterocycles. The summed E-state index contributed by atoms with van der Waals surface area (Å²) in [4.78, 5) is 39.3. The lowest BCUT2D eigenvalue weighted by Gasteiger charge is -2.22. The van der Waals surface area contributed by atoms with E-state index in [-0.39, 0.29) is 16.5 Å². The summed E-state index contributed by atoms with van der Waals surface area (Å²) >= 11 is 1.21. The highest BCUT2D eigenvalue weighted by atomic mass is 32.1. The molecule has 0 bridgehead atoms. The number of aliphatic hydroxyl groups excluding tert-OH is 1. The lowest BCUT2D eigenvalue weighted by molar-refractivity contribution is -0.132. The summed E-state index contributed by atoms with van der Waals surface area (Å²) in [5, 5.41) is 20.3.